The number of amides is 4. The third-order valence-electron chi connectivity index (χ3n) is 3.03. The molecule has 7 heteroatoms. The van der Waals surface area contributed by atoms with Crippen molar-refractivity contribution in [3.8, 4) is 0 Å². The number of nitrogens with zero attached hydrogens (tertiary/aromatic N) is 2. The van der Waals surface area contributed by atoms with Crippen LogP contribution < -0.4 is 5.32 Å². The van der Waals surface area contributed by atoms with E-state index < -0.39 is 23.8 Å². The first-order valence-electron chi connectivity index (χ1n) is 6.04. The third kappa shape index (κ3) is 2.81. The zero-order valence-electron chi connectivity index (χ0n) is 10.8. The Bertz CT molecular complexity index is 498. The normalized spacial score (nSPS) is 20.1. The lowest BCUT2D eigenvalue weighted by Gasteiger charge is -2.31. The Kier molecular flexibility index (Phi) is 3.94. The number of aromatic nitrogens is 1. The lowest BCUT2D eigenvalue weighted by Crippen LogP contribution is -2.59. The number of imide groups is 2. The summed E-state index contributed by atoms with van der Waals surface area (Å²) in [6.45, 7) is 3.82. The minimum Gasteiger partial charge on any atom is -0.277 e. The number of rotatable bonds is 4. The maximum absolute atomic E-state index is 12.2. The van der Waals surface area contributed by atoms with Gasteiger partial charge in [-0.15, -0.1) is 11.3 Å². The molecule has 1 unspecified atom stereocenters. The molecule has 1 aromatic rings. The van der Waals surface area contributed by atoms with Crippen LogP contribution in [0, 0.1) is 11.8 Å². The second-order valence-corrected chi connectivity index (χ2v) is 5.45. The van der Waals surface area contributed by atoms with Crippen molar-refractivity contribution in [1.82, 2.24) is 15.2 Å². The third-order valence-corrected chi connectivity index (χ3v) is 3.67. The number of thiazole rings is 1. The van der Waals surface area contributed by atoms with Gasteiger partial charge in [0, 0.05) is 18.3 Å². The van der Waals surface area contributed by atoms with Crippen molar-refractivity contribution in [2.45, 2.75) is 20.3 Å². The van der Waals surface area contributed by atoms with Crippen LogP contribution in [0.25, 0.3) is 0 Å². The topological polar surface area (TPSA) is 79.4 Å². The Balaban J connectivity index is 2.08. The van der Waals surface area contributed by atoms with Gasteiger partial charge in [-0.05, 0) is 5.92 Å². The maximum atomic E-state index is 12.2. The molecular weight excluding hydrogens is 266 g/mol. The first-order valence-corrected chi connectivity index (χ1v) is 6.98. The first kappa shape index (κ1) is 13.7. The molecule has 0 aliphatic carbocycles. The molecule has 2 heterocycles. The lowest BCUT2D eigenvalue weighted by molar-refractivity contribution is -0.144. The van der Waals surface area contributed by atoms with Crippen molar-refractivity contribution in [2.24, 2.45) is 11.8 Å². The van der Waals surface area contributed by atoms with Crippen LogP contribution in [0.3, 0.4) is 0 Å². The van der Waals surface area contributed by atoms with Gasteiger partial charge in [0.25, 0.3) is 0 Å². The SMILES string of the molecule is CC(C)C1C(=O)NC(=O)N(CCc2cscn2)C1=O. The highest BCUT2D eigenvalue weighted by molar-refractivity contribution is 7.07. The van der Waals surface area contributed by atoms with Crippen molar-refractivity contribution in [3.63, 3.8) is 0 Å². The number of carbonyl (C=O) groups excluding carboxylic acids is 3. The largest absolute Gasteiger partial charge is 0.330 e. The molecule has 4 amide bonds. The van der Waals surface area contributed by atoms with E-state index in [9.17, 15) is 14.4 Å². The van der Waals surface area contributed by atoms with Crippen LogP contribution in [0.5, 0.6) is 0 Å². The summed E-state index contributed by atoms with van der Waals surface area (Å²) in [7, 11) is 0. The highest BCUT2D eigenvalue weighted by atomic mass is 32.1. The summed E-state index contributed by atoms with van der Waals surface area (Å²) in [4.78, 5) is 40.7. The van der Waals surface area contributed by atoms with Crippen molar-refractivity contribution in [3.05, 3.63) is 16.6 Å². The Labute approximate surface area is 114 Å². The van der Waals surface area contributed by atoms with Crippen LogP contribution >= 0.6 is 11.3 Å². The van der Waals surface area contributed by atoms with Gasteiger partial charge in [-0.1, -0.05) is 13.8 Å². The molecule has 0 bridgehead atoms. The summed E-state index contributed by atoms with van der Waals surface area (Å²) < 4.78 is 0. The molecule has 1 fully saturated rings. The highest BCUT2D eigenvalue weighted by Gasteiger charge is 2.41. The standard InChI is InChI=1S/C12H15N3O3S/c1-7(2)9-10(16)14-12(18)15(11(9)17)4-3-8-5-19-6-13-8/h5-7,9H,3-4H2,1-2H3,(H,14,16,18). The van der Waals surface area contributed by atoms with E-state index in [1.54, 1.807) is 19.4 Å². The van der Waals surface area contributed by atoms with E-state index in [-0.39, 0.29) is 12.5 Å². The van der Waals surface area contributed by atoms with Crippen LogP contribution in [-0.4, -0.2) is 34.3 Å². The van der Waals surface area contributed by atoms with Crippen LogP contribution in [0.1, 0.15) is 19.5 Å². The van der Waals surface area contributed by atoms with Crippen LogP contribution in [0.4, 0.5) is 4.79 Å². The highest BCUT2D eigenvalue weighted by Crippen LogP contribution is 2.19. The molecule has 1 aliphatic heterocycles. The van der Waals surface area contributed by atoms with Crippen LogP contribution in [0.2, 0.25) is 0 Å². The summed E-state index contributed by atoms with van der Waals surface area (Å²) in [5, 5.41) is 4.10. The molecule has 1 N–H and O–H groups in total. The quantitative estimate of drug-likeness (QED) is 0.836. The second-order valence-electron chi connectivity index (χ2n) is 4.74. The van der Waals surface area contributed by atoms with Gasteiger partial charge in [-0.25, -0.2) is 9.78 Å². The van der Waals surface area contributed by atoms with Gasteiger partial charge in [0.1, 0.15) is 5.92 Å². The second kappa shape index (κ2) is 5.48. The summed E-state index contributed by atoms with van der Waals surface area (Å²) in [6.07, 6.45) is 0.502. The predicted molar refractivity (Wildman–Crippen MR) is 69.4 cm³/mol. The smallest absolute Gasteiger partial charge is 0.277 e. The van der Waals surface area contributed by atoms with Crippen molar-refractivity contribution < 1.29 is 14.4 Å². The number of hydrogen-bond acceptors (Lipinski definition) is 5. The minimum absolute atomic E-state index is 0.137. The maximum Gasteiger partial charge on any atom is 0.330 e. The monoisotopic (exact) mass is 281 g/mol. The van der Waals surface area contributed by atoms with E-state index >= 15 is 0 Å². The van der Waals surface area contributed by atoms with E-state index in [2.05, 4.69) is 10.3 Å². The van der Waals surface area contributed by atoms with Crippen molar-refractivity contribution >= 4 is 29.2 Å². The molecule has 1 saturated heterocycles. The van der Waals surface area contributed by atoms with Gasteiger partial charge in [-0.3, -0.25) is 19.8 Å². The fourth-order valence-corrected chi connectivity index (χ4v) is 2.61. The molecule has 1 atom stereocenters. The lowest BCUT2D eigenvalue weighted by atomic mass is 9.92. The molecule has 0 saturated carbocycles. The Morgan fingerprint density at radius 2 is 2.16 bits per heavy atom. The van der Waals surface area contributed by atoms with E-state index in [1.165, 1.54) is 11.3 Å². The number of carbonyl (C=O) groups is 3. The summed E-state index contributed by atoms with van der Waals surface area (Å²) in [6, 6.07) is -0.637. The van der Waals surface area contributed by atoms with Gasteiger partial charge >= 0.3 is 6.03 Å². The molecule has 1 aliphatic rings. The van der Waals surface area contributed by atoms with Gasteiger partial charge < -0.3 is 0 Å². The van der Waals surface area contributed by atoms with E-state index in [1.807, 2.05) is 5.38 Å². The summed E-state index contributed by atoms with van der Waals surface area (Å²) in [5.41, 5.74) is 2.54. The zero-order valence-corrected chi connectivity index (χ0v) is 11.6. The van der Waals surface area contributed by atoms with E-state index in [0.29, 0.717) is 6.42 Å². The minimum atomic E-state index is -0.784. The molecule has 6 nitrogen and oxygen atoms in total. The zero-order chi connectivity index (χ0) is 14.0. The number of nitrogens with one attached hydrogen (secondary N) is 1. The Hall–Kier alpha value is -1.76. The number of urea groups is 1. The molecule has 1 aromatic heterocycles. The summed E-state index contributed by atoms with van der Waals surface area (Å²) in [5.74, 6) is -1.84. The average Bonchev–Trinajstić information content (AvgIpc) is 2.80. The number of barbiturate groups is 1. The Morgan fingerprint density at radius 1 is 1.42 bits per heavy atom. The van der Waals surface area contributed by atoms with Gasteiger partial charge in [0.2, 0.25) is 11.8 Å². The van der Waals surface area contributed by atoms with E-state index in [0.717, 1.165) is 10.6 Å². The number of hydrogen-bond donors (Lipinski definition) is 1. The van der Waals surface area contributed by atoms with Gasteiger partial charge in [-0.2, -0.15) is 0 Å². The molecule has 102 valence electrons. The van der Waals surface area contributed by atoms with Crippen molar-refractivity contribution in [1.29, 1.82) is 0 Å². The van der Waals surface area contributed by atoms with Gasteiger partial charge in [0.05, 0.1) is 11.2 Å². The average molecular weight is 281 g/mol. The molecule has 2 rings (SSSR count). The summed E-state index contributed by atoms with van der Waals surface area (Å²) >= 11 is 1.46. The predicted octanol–water partition coefficient (Wildman–Crippen LogP) is 1.04. The molecular formula is C12H15N3O3S. The van der Waals surface area contributed by atoms with E-state index in [4.69, 9.17) is 0 Å². The Morgan fingerprint density at radius 3 is 2.74 bits per heavy atom. The van der Waals surface area contributed by atoms with Crippen molar-refractivity contribution in [2.75, 3.05) is 6.54 Å². The fraction of sp³-hybridized carbons (Fsp3) is 0.500. The molecule has 0 spiro atoms. The fourth-order valence-electron chi connectivity index (χ4n) is 2.02. The van der Waals surface area contributed by atoms with Crippen LogP contribution in [0.15, 0.2) is 10.9 Å². The molecule has 19 heavy (non-hydrogen) atoms. The van der Waals surface area contributed by atoms with Gasteiger partial charge in [0.15, 0.2) is 0 Å². The first-order chi connectivity index (χ1) is 9.00. The van der Waals surface area contributed by atoms with Crippen LogP contribution in [-0.2, 0) is 16.0 Å². The molecule has 0 aromatic carbocycles. The molecule has 0 radical (unpaired) electrons.